The Morgan fingerprint density at radius 1 is 1.43 bits per heavy atom. The zero-order valence-corrected chi connectivity index (χ0v) is 13.2. The summed E-state index contributed by atoms with van der Waals surface area (Å²) in [7, 11) is 1.82. The van der Waals surface area contributed by atoms with Crippen molar-refractivity contribution in [1.82, 2.24) is 15.1 Å². The molecule has 122 valence electrons. The van der Waals surface area contributed by atoms with Gasteiger partial charge in [-0.2, -0.15) is 5.10 Å². The van der Waals surface area contributed by atoms with E-state index in [4.69, 9.17) is 0 Å². The maximum absolute atomic E-state index is 12.5. The monoisotopic (exact) mass is 315 g/mol. The van der Waals surface area contributed by atoms with E-state index in [9.17, 15) is 15.0 Å². The Morgan fingerprint density at radius 3 is 2.74 bits per heavy atom. The summed E-state index contributed by atoms with van der Waals surface area (Å²) in [6.07, 6.45) is 4.60. The quantitative estimate of drug-likeness (QED) is 0.801. The Kier molecular flexibility index (Phi) is 4.09. The molecule has 3 rings (SSSR count). The van der Waals surface area contributed by atoms with E-state index in [1.165, 1.54) is 0 Å². The van der Waals surface area contributed by atoms with E-state index >= 15 is 0 Å². The number of nitrogens with zero attached hydrogens (tertiary/aromatic N) is 2. The van der Waals surface area contributed by atoms with Gasteiger partial charge in [0.15, 0.2) is 0 Å². The van der Waals surface area contributed by atoms with Crippen LogP contribution < -0.4 is 5.32 Å². The smallest absolute Gasteiger partial charge is 0.255 e. The van der Waals surface area contributed by atoms with Crippen LogP contribution in [0.4, 0.5) is 0 Å². The molecule has 23 heavy (non-hydrogen) atoms. The Balaban J connectivity index is 1.81. The molecule has 1 atom stereocenters. The van der Waals surface area contributed by atoms with Crippen molar-refractivity contribution in [3.05, 3.63) is 47.3 Å². The van der Waals surface area contributed by atoms with Crippen LogP contribution in [-0.4, -0.2) is 32.0 Å². The first-order valence-electron chi connectivity index (χ1n) is 7.71. The van der Waals surface area contributed by atoms with Crippen molar-refractivity contribution in [3.8, 4) is 5.75 Å². The topological polar surface area (TPSA) is 87.4 Å². The second kappa shape index (κ2) is 6.04. The molecular weight excluding hydrogens is 294 g/mol. The number of aryl methyl sites for hydroxylation is 2. The van der Waals surface area contributed by atoms with Crippen LogP contribution in [-0.2, 0) is 7.05 Å². The fraction of sp³-hybridized carbons (Fsp3) is 0.412. The van der Waals surface area contributed by atoms with Gasteiger partial charge in [0.2, 0.25) is 0 Å². The average molecular weight is 315 g/mol. The van der Waals surface area contributed by atoms with Gasteiger partial charge in [0.05, 0.1) is 23.9 Å². The van der Waals surface area contributed by atoms with Gasteiger partial charge in [0.1, 0.15) is 5.75 Å². The minimum absolute atomic E-state index is 0.0268. The highest BCUT2D eigenvalue weighted by molar-refractivity contribution is 5.97. The Labute approximate surface area is 134 Å². The van der Waals surface area contributed by atoms with Crippen molar-refractivity contribution < 1.29 is 15.0 Å². The average Bonchev–Trinajstić information content (AvgIpc) is 2.88. The molecule has 0 unspecified atom stereocenters. The minimum atomic E-state index is -0.322. The molecule has 1 saturated carbocycles. The van der Waals surface area contributed by atoms with Crippen LogP contribution >= 0.6 is 0 Å². The molecule has 1 aliphatic carbocycles. The third-order valence-electron chi connectivity index (χ3n) is 4.39. The van der Waals surface area contributed by atoms with E-state index in [-0.39, 0.29) is 35.3 Å². The number of benzene rings is 1. The SMILES string of the molecule is Cc1ccc(C(=O)N[C@@H](c2cnn(C)c2)C2CC(O)C2)c(O)c1. The van der Waals surface area contributed by atoms with Crippen LogP contribution in [0.3, 0.4) is 0 Å². The normalized spacial score (nSPS) is 21.5. The highest BCUT2D eigenvalue weighted by Crippen LogP contribution is 2.38. The first kappa shape index (κ1) is 15.6. The molecule has 1 fully saturated rings. The summed E-state index contributed by atoms with van der Waals surface area (Å²) in [4.78, 5) is 12.5. The molecule has 6 nitrogen and oxygen atoms in total. The number of carbonyl (C=O) groups excluding carboxylic acids is 1. The van der Waals surface area contributed by atoms with Crippen molar-refractivity contribution in [2.24, 2.45) is 13.0 Å². The summed E-state index contributed by atoms with van der Waals surface area (Å²) in [6, 6.07) is 4.76. The molecule has 2 aromatic rings. The van der Waals surface area contributed by atoms with Crippen molar-refractivity contribution >= 4 is 5.91 Å². The molecule has 6 heteroatoms. The van der Waals surface area contributed by atoms with Crippen LogP contribution in [0, 0.1) is 12.8 Å². The van der Waals surface area contributed by atoms with E-state index in [1.54, 1.807) is 29.1 Å². The molecule has 1 heterocycles. The second-order valence-electron chi connectivity index (χ2n) is 6.30. The number of rotatable bonds is 4. The molecular formula is C17H21N3O3. The fourth-order valence-corrected chi connectivity index (χ4v) is 3.03. The largest absolute Gasteiger partial charge is 0.507 e. The van der Waals surface area contributed by atoms with Gasteiger partial charge in [-0.05, 0) is 43.4 Å². The standard InChI is InChI=1S/C17H21N3O3/c1-10-3-4-14(15(22)5-10)17(23)19-16(11-6-13(21)7-11)12-8-18-20(2)9-12/h3-5,8-9,11,13,16,21-22H,6-7H2,1-2H3,(H,19,23)/t11?,13?,16-/m1/s1. The summed E-state index contributed by atoms with van der Waals surface area (Å²) >= 11 is 0. The zero-order valence-electron chi connectivity index (χ0n) is 13.2. The fourth-order valence-electron chi connectivity index (χ4n) is 3.03. The first-order chi connectivity index (χ1) is 10.9. The van der Waals surface area contributed by atoms with E-state index in [1.807, 2.05) is 20.2 Å². The molecule has 0 spiro atoms. The van der Waals surface area contributed by atoms with Gasteiger partial charge in [0.25, 0.3) is 5.91 Å². The van der Waals surface area contributed by atoms with Gasteiger partial charge in [-0.1, -0.05) is 6.07 Å². The number of aliphatic hydroxyl groups is 1. The van der Waals surface area contributed by atoms with Gasteiger partial charge >= 0.3 is 0 Å². The van der Waals surface area contributed by atoms with Crippen molar-refractivity contribution in [1.29, 1.82) is 0 Å². The van der Waals surface area contributed by atoms with Crippen LogP contribution in [0.1, 0.15) is 40.4 Å². The van der Waals surface area contributed by atoms with Gasteiger partial charge in [-0.3, -0.25) is 9.48 Å². The summed E-state index contributed by atoms with van der Waals surface area (Å²) in [5.41, 5.74) is 2.05. The molecule has 1 aromatic heterocycles. The molecule has 0 saturated heterocycles. The number of aromatic nitrogens is 2. The Morgan fingerprint density at radius 2 is 2.17 bits per heavy atom. The van der Waals surface area contributed by atoms with Crippen LogP contribution in [0.25, 0.3) is 0 Å². The lowest BCUT2D eigenvalue weighted by molar-refractivity contribution is 0.0235. The highest BCUT2D eigenvalue weighted by Gasteiger charge is 2.36. The number of aliphatic hydroxyl groups excluding tert-OH is 1. The van der Waals surface area contributed by atoms with Crippen molar-refractivity contribution in [2.75, 3.05) is 0 Å². The Bertz CT molecular complexity index is 720. The summed E-state index contributed by atoms with van der Waals surface area (Å²) in [5.74, 6) is -0.176. The second-order valence-corrected chi connectivity index (χ2v) is 6.30. The molecule has 0 radical (unpaired) electrons. The summed E-state index contributed by atoms with van der Waals surface area (Å²) in [5, 5.41) is 26.7. The van der Waals surface area contributed by atoms with E-state index in [0.717, 1.165) is 11.1 Å². The lowest BCUT2D eigenvalue weighted by Crippen LogP contribution is -2.41. The number of nitrogens with one attached hydrogen (secondary N) is 1. The third-order valence-corrected chi connectivity index (χ3v) is 4.39. The van der Waals surface area contributed by atoms with Gasteiger partial charge in [-0.15, -0.1) is 0 Å². The lowest BCUT2D eigenvalue weighted by atomic mass is 9.75. The molecule has 0 bridgehead atoms. The number of hydrogen-bond donors (Lipinski definition) is 3. The lowest BCUT2D eigenvalue weighted by Gasteiger charge is -2.37. The third kappa shape index (κ3) is 3.22. The van der Waals surface area contributed by atoms with Crippen LogP contribution in [0.5, 0.6) is 5.75 Å². The van der Waals surface area contributed by atoms with Gasteiger partial charge < -0.3 is 15.5 Å². The number of amides is 1. The molecule has 1 aliphatic rings. The predicted molar refractivity (Wildman–Crippen MR) is 85.0 cm³/mol. The zero-order chi connectivity index (χ0) is 16.6. The number of phenols is 1. The highest BCUT2D eigenvalue weighted by atomic mass is 16.3. The maximum atomic E-state index is 12.5. The number of carbonyl (C=O) groups is 1. The van der Waals surface area contributed by atoms with E-state index in [2.05, 4.69) is 10.4 Å². The van der Waals surface area contributed by atoms with Crippen LogP contribution in [0.2, 0.25) is 0 Å². The van der Waals surface area contributed by atoms with Gasteiger partial charge in [-0.25, -0.2) is 0 Å². The van der Waals surface area contributed by atoms with Crippen LogP contribution in [0.15, 0.2) is 30.6 Å². The molecule has 0 aliphatic heterocycles. The molecule has 1 aromatic carbocycles. The predicted octanol–water partition coefficient (Wildman–Crippen LogP) is 1.68. The van der Waals surface area contributed by atoms with Crippen molar-refractivity contribution in [3.63, 3.8) is 0 Å². The van der Waals surface area contributed by atoms with Crippen molar-refractivity contribution in [2.45, 2.75) is 31.9 Å². The summed E-state index contributed by atoms with van der Waals surface area (Å²) in [6.45, 7) is 1.86. The summed E-state index contributed by atoms with van der Waals surface area (Å²) < 4.78 is 1.69. The minimum Gasteiger partial charge on any atom is -0.507 e. The van der Waals surface area contributed by atoms with E-state index < -0.39 is 0 Å². The first-order valence-corrected chi connectivity index (χ1v) is 7.71. The Hall–Kier alpha value is -2.34. The van der Waals surface area contributed by atoms with E-state index in [0.29, 0.717) is 12.8 Å². The number of aromatic hydroxyl groups is 1. The number of phenolic OH excluding ortho intramolecular Hbond substituents is 1. The molecule has 3 N–H and O–H groups in total. The number of hydrogen-bond acceptors (Lipinski definition) is 4. The molecule has 1 amide bonds. The maximum Gasteiger partial charge on any atom is 0.255 e. The van der Waals surface area contributed by atoms with Gasteiger partial charge in [0, 0.05) is 18.8 Å².